The molecule has 0 aliphatic carbocycles. The number of piperidine rings is 1. The summed E-state index contributed by atoms with van der Waals surface area (Å²) in [5.74, 6) is 1.57. The van der Waals surface area contributed by atoms with Gasteiger partial charge in [-0.15, -0.1) is 0 Å². The molecule has 0 aromatic rings. The number of nitrogens with two attached hydrogens (primary N) is 1. The number of rotatable bonds is 2. The van der Waals surface area contributed by atoms with E-state index in [0.29, 0.717) is 17.6 Å². The first-order chi connectivity index (χ1) is 6.99. The Morgan fingerprint density at radius 2 is 2.00 bits per heavy atom. The molecule has 1 amide bonds. The summed E-state index contributed by atoms with van der Waals surface area (Å²) in [7, 11) is 0. The fourth-order valence-electron chi connectivity index (χ4n) is 2.10. The molecule has 1 fully saturated rings. The van der Waals surface area contributed by atoms with Gasteiger partial charge in [-0.1, -0.05) is 25.6 Å². The monoisotopic (exact) mass is 229 g/mol. The highest BCUT2D eigenvalue weighted by Gasteiger charge is 2.25. The van der Waals surface area contributed by atoms with Crippen molar-refractivity contribution in [3.8, 4) is 0 Å². The van der Waals surface area contributed by atoms with Gasteiger partial charge in [0.05, 0.1) is 5.75 Å². The van der Waals surface area contributed by atoms with Gasteiger partial charge in [-0.25, -0.2) is 0 Å². The molecule has 0 bridgehead atoms. The van der Waals surface area contributed by atoms with Crippen LogP contribution in [0.5, 0.6) is 0 Å². The van der Waals surface area contributed by atoms with E-state index in [1.54, 1.807) is 0 Å². The Morgan fingerprint density at radius 3 is 2.47 bits per heavy atom. The maximum atomic E-state index is 11.7. The Balaban J connectivity index is 2.41. The third kappa shape index (κ3) is 4.11. The number of nitrogens with one attached hydrogen (secondary N) is 1. The second kappa shape index (κ2) is 5.39. The number of amidine groups is 1. The summed E-state index contributed by atoms with van der Waals surface area (Å²) in [4.78, 5) is 13.6. The summed E-state index contributed by atoms with van der Waals surface area (Å²) in [6, 6.07) is 0. The minimum absolute atomic E-state index is 0.0152. The molecule has 0 aromatic heterocycles. The summed E-state index contributed by atoms with van der Waals surface area (Å²) in [5, 5.41) is 7.07. The second-order valence-corrected chi connectivity index (χ2v) is 5.41. The Labute approximate surface area is 95.1 Å². The number of carbonyl (C=O) groups is 1. The molecule has 5 heteroatoms. The summed E-state index contributed by atoms with van der Waals surface area (Å²) in [6.07, 6.45) is 1.20. The number of nitrogens with zero attached hydrogens (tertiary/aromatic N) is 1. The molecular formula is C10H19N3OS. The molecule has 86 valence electrons. The molecule has 1 aliphatic heterocycles. The van der Waals surface area contributed by atoms with Gasteiger partial charge in [-0.05, 0) is 18.3 Å². The molecule has 1 heterocycles. The molecule has 4 nitrogen and oxygen atoms in total. The zero-order chi connectivity index (χ0) is 11.4. The zero-order valence-corrected chi connectivity index (χ0v) is 10.1. The van der Waals surface area contributed by atoms with Crippen LogP contribution in [0.1, 0.15) is 20.3 Å². The van der Waals surface area contributed by atoms with Crippen LogP contribution in [0.2, 0.25) is 0 Å². The lowest BCUT2D eigenvalue weighted by atomic mass is 9.92. The van der Waals surface area contributed by atoms with Crippen LogP contribution >= 0.6 is 11.8 Å². The summed E-state index contributed by atoms with van der Waals surface area (Å²) < 4.78 is 0. The van der Waals surface area contributed by atoms with E-state index in [2.05, 4.69) is 13.8 Å². The number of carbonyl (C=O) groups excluding carboxylic acids is 1. The lowest BCUT2D eigenvalue weighted by molar-refractivity contribution is -0.130. The molecule has 1 saturated heterocycles. The lowest BCUT2D eigenvalue weighted by Crippen LogP contribution is -2.43. The Kier molecular flexibility index (Phi) is 4.45. The van der Waals surface area contributed by atoms with Gasteiger partial charge in [-0.2, -0.15) is 0 Å². The molecule has 0 aromatic carbocycles. The van der Waals surface area contributed by atoms with E-state index in [1.165, 1.54) is 6.42 Å². The summed E-state index contributed by atoms with van der Waals surface area (Å²) >= 11 is 1.11. The van der Waals surface area contributed by atoms with Crippen LogP contribution in [-0.4, -0.2) is 34.8 Å². The molecule has 1 aliphatic rings. The predicted molar refractivity (Wildman–Crippen MR) is 63.9 cm³/mol. The van der Waals surface area contributed by atoms with Crippen molar-refractivity contribution < 1.29 is 4.79 Å². The van der Waals surface area contributed by atoms with Gasteiger partial charge in [0, 0.05) is 13.1 Å². The van der Waals surface area contributed by atoms with Crippen molar-refractivity contribution in [2.24, 2.45) is 17.6 Å². The average molecular weight is 229 g/mol. The van der Waals surface area contributed by atoms with Crippen molar-refractivity contribution in [2.45, 2.75) is 20.3 Å². The topological polar surface area (TPSA) is 70.2 Å². The Hall–Kier alpha value is -0.710. The highest BCUT2D eigenvalue weighted by atomic mass is 32.2. The highest BCUT2D eigenvalue weighted by molar-refractivity contribution is 8.14. The van der Waals surface area contributed by atoms with Gasteiger partial charge in [0.2, 0.25) is 5.91 Å². The maximum Gasteiger partial charge on any atom is 0.233 e. The largest absolute Gasteiger partial charge is 0.379 e. The van der Waals surface area contributed by atoms with Crippen LogP contribution in [0.25, 0.3) is 0 Å². The minimum atomic E-state index is 0.0152. The predicted octanol–water partition coefficient (Wildman–Crippen LogP) is 1.12. The van der Waals surface area contributed by atoms with Gasteiger partial charge in [0.1, 0.15) is 0 Å². The van der Waals surface area contributed by atoms with Crippen LogP contribution in [0.15, 0.2) is 0 Å². The number of amides is 1. The molecule has 2 unspecified atom stereocenters. The molecule has 2 atom stereocenters. The van der Waals surface area contributed by atoms with Gasteiger partial charge in [-0.3, -0.25) is 10.2 Å². The first kappa shape index (κ1) is 12.4. The van der Waals surface area contributed by atoms with Gasteiger partial charge < -0.3 is 10.6 Å². The fourth-order valence-corrected chi connectivity index (χ4v) is 2.56. The first-order valence-corrected chi connectivity index (χ1v) is 6.22. The van der Waals surface area contributed by atoms with Crippen molar-refractivity contribution in [3.05, 3.63) is 0 Å². The lowest BCUT2D eigenvalue weighted by Gasteiger charge is -2.34. The van der Waals surface area contributed by atoms with Crippen molar-refractivity contribution in [2.75, 3.05) is 18.8 Å². The minimum Gasteiger partial charge on any atom is -0.379 e. The molecule has 3 N–H and O–H groups in total. The first-order valence-electron chi connectivity index (χ1n) is 5.23. The quantitative estimate of drug-likeness (QED) is 0.550. The van der Waals surface area contributed by atoms with Crippen molar-refractivity contribution in [1.82, 2.24) is 4.90 Å². The maximum absolute atomic E-state index is 11.7. The van der Waals surface area contributed by atoms with E-state index in [1.807, 2.05) is 4.90 Å². The molecule has 0 spiro atoms. The van der Waals surface area contributed by atoms with Crippen LogP contribution in [-0.2, 0) is 4.79 Å². The standard InChI is InChI=1S/C10H19N3OS/c1-7-3-8(2)5-13(4-7)9(14)6-15-10(11)12/h7-8H,3-6H2,1-2H3,(H3,11,12). The van der Waals surface area contributed by atoms with Gasteiger partial charge in [0.25, 0.3) is 0 Å². The summed E-state index contributed by atoms with van der Waals surface area (Å²) in [5.41, 5.74) is 5.20. The number of hydrogen-bond donors (Lipinski definition) is 2. The van der Waals surface area contributed by atoms with E-state index in [0.717, 1.165) is 24.9 Å². The van der Waals surface area contributed by atoms with E-state index in [9.17, 15) is 4.79 Å². The average Bonchev–Trinajstić information content (AvgIpc) is 2.12. The number of thioether (sulfide) groups is 1. The van der Waals surface area contributed by atoms with E-state index >= 15 is 0 Å². The van der Waals surface area contributed by atoms with Gasteiger partial charge >= 0.3 is 0 Å². The van der Waals surface area contributed by atoms with E-state index in [-0.39, 0.29) is 11.1 Å². The Bertz CT molecular complexity index is 247. The van der Waals surface area contributed by atoms with E-state index in [4.69, 9.17) is 11.1 Å². The second-order valence-electron chi connectivity index (χ2n) is 4.40. The third-order valence-electron chi connectivity index (χ3n) is 2.57. The van der Waals surface area contributed by atoms with Crippen molar-refractivity contribution in [1.29, 1.82) is 5.41 Å². The molecule has 1 rings (SSSR count). The fraction of sp³-hybridized carbons (Fsp3) is 0.800. The van der Waals surface area contributed by atoms with Crippen LogP contribution in [0.4, 0.5) is 0 Å². The van der Waals surface area contributed by atoms with Crippen LogP contribution in [0.3, 0.4) is 0 Å². The number of likely N-dealkylation sites (tertiary alicyclic amines) is 1. The highest BCUT2D eigenvalue weighted by Crippen LogP contribution is 2.21. The smallest absolute Gasteiger partial charge is 0.233 e. The van der Waals surface area contributed by atoms with Crippen LogP contribution < -0.4 is 5.73 Å². The van der Waals surface area contributed by atoms with Crippen molar-refractivity contribution >= 4 is 22.8 Å². The molecule has 15 heavy (non-hydrogen) atoms. The summed E-state index contributed by atoms with van der Waals surface area (Å²) in [6.45, 7) is 6.05. The molecule has 0 saturated carbocycles. The van der Waals surface area contributed by atoms with Crippen molar-refractivity contribution in [3.63, 3.8) is 0 Å². The third-order valence-corrected chi connectivity index (χ3v) is 3.28. The van der Waals surface area contributed by atoms with Gasteiger partial charge in [0.15, 0.2) is 5.17 Å². The zero-order valence-electron chi connectivity index (χ0n) is 9.32. The Morgan fingerprint density at radius 1 is 1.47 bits per heavy atom. The SMILES string of the molecule is CC1CC(C)CN(C(=O)CSC(=N)N)C1. The number of hydrogen-bond acceptors (Lipinski definition) is 3. The van der Waals surface area contributed by atoms with Crippen LogP contribution in [0, 0.1) is 17.2 Å². The molecule has 0 radical (unpaired) electrons. The molecular weight excluding hydrogens is 210 g/mol. The van der Waals surface area contributed by atoms with E-state index < -0.39 is 0 Å². The normalized spacial score (nSPS) is 26.4.